The molecular formula is C64H52N2. The first-order chi connectivity index (χ1) is 32.8. The Hall–Kier alpha value is -7.68. The number of fused-ring (bicyclic) bond motifs is 4. The molecule has 0 atom stereocenters. The lowest BCUT2D eigenvalue weighted by Crippen LogP contribution is -2.35. The second-order valence-corrected chi connectivity index (χ2v) is 18.1. The van der Waals surface area contributed by atoms with Gasteiger partial charge in [-0.15, -0.1) is 0 Å². The maximum absolute atomic E-state index is 2.59. The Morgan fingerprint density at radius 2 is 0.970 bits per heavy atom. The van der Waals surface area contributed by atoms with Gasteiger partial charge in [-0.05, 0) is 106 Å². The fourth-order valence-electron chi connectivity index (χ4n) is 11.3. The van der Waals surface area contributed by atoms with Crippen molar-refractivity contribution in [1.29, 1.82) is 0 Å². The van der Waals surface area contributed by atoms with E-state index >= 15 is 0 Å². The number of aromatic nitrogens is 1. The van der Waals surface area contributed by atoms with Crippen LogP contribution < -0.4 is 15.3 Å². The standard InChI is InChI=1S/C64H52N2/c1-4-21-45(22-5-1)46-41-43-48(44-42-46)51-29-10-14-37-59(51)66(61-39-16-11-30-53(61)56-34-19-26-49-25-18-33-52(63(49)56)47-23-6-2-7-24-47)62-40-17-13-32-55(62)58-36-20-35-57-54-31-12-15-38-60(54)65(64(57)58)50-27-8-3-9-28-50/h1,3-5,8-18,20-22,25-33,35-44,47H,2,6-7,19,23-24,34H2. The van der Waals surface area contributed by atoms with Gasteiger partial charge >= 0.3 is 0 Å². The topological polar surface area (TPSA) is 8.17 Å². The summed E-state index contributed by atoms with van der Waals surface area (Å²) in [5.41, 5.74) is 18.5. The van der Waals surface area contributed by atoms with Crippen LogP contribution >= 0.6 is 0 Å². The first-order valence-electron chi connectivity index (χ1n) is 23.9. The average Bonchev–Trinajstić information content (AvgIpc) is 3.74. The molecule has 9 aromatic carbocycles. The fourth-order valence-corrected chi connectivity index (χ4v) is 11.3. The zero-order valence-corrected chi connectivity index (χ0v) is 37.3. The minimum Gasteiger partial charge on any atom is -0.309 e. The van der Waals surface area contributed by atoms with E-state index in [1.165, 1.54) is 115 Å². The molecule has 2 nitrogen and oxygen atoms in total. The van der Waals surface area contributed by atoms with Crippen LogP contribution in [0.1, 0.15) is 62.0 Å². The van der Waals surface area contributed by atoms with Gasteiger partial charge in [0, 0.05) is 38.7 Å². The van der Waals surface area contributed by atoms with Crippen LogP contribution in [0.4, 0.5) is 17.1 Å². The number of anilines is 3. The van der Waals surface area contributed by atoms with E-state index in [9.17, 15) is 0 Å². The summed E-state index contributed by atoms with van der Waals surface area (Å²) in [5, 5.41) is 5.35. The summed E-state index contributed by atoms with van der Waals surface area (Å²) >= 11 is 0. The molecule has 1 saturated carbocycles. The lowest BCUT2D eigenvalue weighted by atomic mass is 9.80. The molecule has 0 spiro atoms. The zero-order valence-electron chi connectivity index (χ0n) is 37.3. The summed E-state index contributed by atoms with van der Waals surface area (Å²) in [6.07, 6.45) is 11.0. The highest BCUT2D eigenvalue weighted by Crippen LogP contribution is 2.49. The monoisotopic (exact) mass is 848 g/mol. The van der Waals surface area contributed by atoms with Crippen LogP contribution in [0.15, 0.2) is 218 Å². The highest BCUT2D eigenvalue weighted by molar-refractivity contribution is 6.15. The summed E-state index contributed by atoms with van der Waals surface area (Å²) in [6.45, 7) is 0. The molecule has 0 N–H and O–H groups in total. The van der Waals surface area contributed by atoms with E-state index in [2.05, 4.69) is 234 Å². The molecule has 0 saturated heterocycles. The van der Waals surface area contributed by atoms with Gasteiger partial charge in [-0.1, -0.05) is 207 Å². The maximum Gasteiger partial charge on any atom is 0.0620 e. The van der Waals surface area contributed by atoms with E-state index in [4.69, 9.17) is 0 Å². The van der Waals surface area contributed by atoms with Crippen molar-refractivity contribution in [2.75, 3.05) is 4.90 Å². The first-order valence-corrected chi connectivity index (χ1v) is 23.9. The Morgan fingerprint density at radius 1 is 0.409 bits per heavy atom. The highest BCUT2D eigenvalue weighted by Gasteiger charge is 2.27. The van der Waals surface area contributed by atoms with Gasteiger partial charge in [-0.2, -0.15) is 0 Å². The van der Waals surface area contributed by atoms with Crippen LogP contribution in [0.2, 0.25) is 0 Å². The van der Waals surface area contributed by atoms with E-state index in [1.54, 1.807) is 5.56 Å². The van der Waals surface area contributed by atoms with E-state index in [0.717, 1.165) is 29.9 Å². The van der Waals surface area contributed by atoms with E-state index in [1.807, 2.05) is 0 Å². The molecule has 0 aliphatic heterocycles. The Labute approximate surface area is 388 Å². The van der Waals surface area contributed by atoms with E-state index in [0.29, 0.717) is 5.92 Å². The molecule has 0 radical (unpaired) electrons. The van der Waals surface area contributed by atoms with Crippen molar-refractivity contribution in [1.82, 2.24) is 4.57 Å². The van der Waals surface area contributed by atoms with Crippen molar-refractivity contribution < 1.29 is 0 Å². The smallest absolute Gasteiger partial charge is 0.0620 e. The number of hydrogen-bond donors (Lipinski definition) is 0. The zero-order chi connectivity index (χ0) is 43.8. The second-order valence-electron chi connectivity index (χ2n) is 18.1. The van der Waals surface area contributed by atoms with Crippen LogP contribution in [0.25, 0.3) is 72.5 Å². The highest BCUT2D eigenvalue weighted by atomic mass is 15.2. The van der Waals surface area contributed by atoms with Gasteiger partial charge in [0.05, 0.1) is 28.1 Å². The number of hydrogen-bond acceptors (Lipinski definition) is 1. The largest absolute Gasteiger partial charge is 0.309 e. The van der Waals surface area contributed by atoms with Crippen molar-refractivity contribution in [3.8, 4) is 39.1 Å². The van der Waals surface area contributed by atoms with Crippen LogP contribution in [-0.4, -0.2) is 4.57 Å². The summed E-state index contributed by atoms with van der Waals surface area (Å²) in [5.74, 6) is 0.593. The van der Waals surface area contributed by atoms with Crippen molar-refractivity contribution in [2.45, 2.75) is 50.9 Å². The quantitative estimate of drug-likeness (QED) is 0.140. The normalized spacial score (nSPS) is 14.0. The maximum atomic E-state index is 2.59. The number of para-hydroxylation sites is 6. The SMILES string of the molecule is C1=c2cccc(C3CCCCC3)c2=C(c2ccccc2N(c2ccccc2-c2ccc(-c3ccccc3)cc2)c2ccccc2-c2cccc3c4ccccc4n(-c4ccccc4)c23)CC1. The molecule has 0 unspecified atom stereocenters. The summed E-state index contributed by atoms with van der Waals surface area (Å²) in [4.78, 5) is 2.59. The lowest BCUT2D eigenvalue weighted by Gasteiger charge is -2.32. The van der Waals surface area contributed by atoms with Crippen molar-refractivity contribution in [3.05, 3.63) is 240 Å². The number of rotatable bonds is 9. The van der Waals surface area contributed by atoms with Crippen molar-refractivity contribution in [2.24, 2.45) is 0 Å². The van der Waals surface area contributed by atoms with Gasteiger partial charge in [0.25, 0.3) is 0 Å². The molecule has 0 bridgehead atoms. The van der Waals surface area contributed by atoms with Crippen LogP contribution in [0, 0.1) is 0 Å². The predicted molar refractivity (Wildman–Crippen MR) is 279 cm³/mol. The minimum atomic E-state index is 0.593. The third-order valence-electron chi connectivity index (χ3n) is 14.3. The van der Waals surface area contributed by atoms with Crippen LogP contribution in [0.5, 0.6) is 0 Å². The van der Waals surface area contributed by atoms with Crippen LogP contribution in [0.3, 0.4) is 0 Å². The molecule has 10 aromatic rings. The van der Waals surface area contributed by atoms with Gasteiger partial charge in [-0.3, -0.25) is 0 Å². The molecule has 1 heterocycles. The van der Waals surface area contributed by atoms with E-state index < -0.39 is 0 Å². The molecule has 2 heteroatoms. The molecule has 1 fully saturated rings. The lowest BCUT2D eigenvalue weighted by molar-refractivity contribution is 0.442. The van der Waals surface area contributed by atoms with Crippen LogP contribution in [-0.2, 0) is 0 Å². The van der Waals surface area contributed by atoms with Crippen molar-refractivity contribution >= 4 is 50.5 Å². The summed E-state index contributed by atoms with van der Waals surface area (Å²) in [7, 11) is 0. The van der Waals surface area contributed by atoms with Gasteiger partial charge in [0.1, 0.15) is 0 Å². The third kappa shape index (κ3) is 7.05. The van der Waals surface area contributed by atoms with Gasteiger partial charge in [-0.25, -0.2) is 0 Å². The Bertz CT molecular complexity index is 3500. The molecule has 2 aliphatic rings. The fraction of sp³-hybridized carbons (Fsp3) is 0.125. The summed E-state index contributed by atoms with van der Waals surface area (Å²) in [6, 6.07) is 81.0. The number of benzene rings is 9. The molecule has 0 amide bonds. The van der Waals surface area contributed by atoms with Gasteiger partial charge in [0.15, 0.2) is 0 Å². The van der Waals surface area contributed by atoms with Gasteiger partial charge in [0.2, 0.25) is 0 Å². The molecule has 66 heavy (non-hydrogen) atoms. The van der Waals surface area contributed by atoms with Gasteiger partial charge < -0.3 is 9.47 Å². The summed E-state index contributed by atoms with van der Waals surface area (Å²) < 4.78 is 2.47. The molecule has 318 valence electrons. The Kier molecular flexibility index (Phi) is 10.5. The molecule has 12 rings (SSSR count). The Morgan fingerprint density at radius 3 is 1.74 bits per heavy atom. The second kappa shape index (κ2) is 17.4. The number of nitrogens with zero attached hydrogens (tertiary/aromatic N) is 2. The average molecular weight is 849 g/mol. The molecular weight excluding hydrogens is 797 g/mol. The molecule has 2 aliphatic carbocycles. The van der Waals surface area contributed by atoms with Crippen molar-refractivity contribution in [3.63, 3.8) is 0 Å². The molecule has 1 aromatic heterocycles. The minimum absolute atomic E-state index is 0.593. The van der Waals surface area contributed by atoms with E-state index in [-0.39, 0.29) is 0 Å². The first kappa shape index (κ1) is 39.9. The predicted octanol–water partition coefficient (Wildman–Crippen LogP) is 16.1. The Balaban J connectivity index is 1.14. The third-order valence-corrected chi connectivity index (χ3v) is 14.3.